The largest absolute Gasteiger partial charge is 0.338 e. The van der Waals surface area contributed by atoms with E-state index in [1.165, 1.54) is 32.1 Å². The van der Waals surface area contributed by atoms with Gasteiger partial charge >= 0.3 is 0 Å². The summed E-state index contributed by atoms with van der Waals surface area (Å²) >= 11 is 0. The van der Waals surface area contributed by atoms with Crippen molar-refractivity contribution in [3.63, 3.8) is 0 Å². The maximum absolute atomic E-state index is 11.8. The number of aromatic nitrogens is 3. The molecule has 1 aromatic heterocycles. The molecule has 5 fully saturated rings. The third-order valence-corrected chi connectivity index (χ3v) is 8.61. The first-order valence-electron chi connectivity index (χ1n) is 9.35. The second-order valence-corrected chi connectivity index (χ2v) is 10.8. The zero-order valence-corrected chi connectivity index (χ0v) is 15.1. The second-order valence-electron chi connectivity index (χ2n) is 8.60. The summed E-state index contributed by atoms with van der Waals surface area (Å²) in [6, 6.07) is 0.601. The van der Waals surface area contributed by atoms with E-state index in [2.05, 4.69) is 19.7 Å². The molecule has 0 radical (unpaired) electrons. The molecule has 2 saturated carbocycles. The van der Waals surface area contributed by atoms with Crippen LogP contribution in [0.4, 0.5) is 5.95 Å². The number of rotatable bonds is 2. The van der Waals surface area contributed by atoms with Crippen molar-refractivity contribution in [1.82, 2.24) is 14.8 Å². The average Bonchev–Trinajstić information content (AvgIpc) is 2.99. The molecule has 3 unspecified atom stereocenters. The van der Waals surface area contributed by atoms with E-state index in [1.54, 1.807) is 0 Å². The molecule has 6 rings (SSSR count). The molecule has 1 aromatic rings. The standard InChI is InChI=1S/C17H26N4O2S/c1-20-16(14-2-3-24(22,23)10-14)18-19-17(20)21-9-13-5-11-4-12(6-13)8-15(21)7-11/h11-15H,2-10H2,1H3. The molecule has 7 heteroatoms. The first kappa shape index (κ1) is 15.2. The van der Waals surface area contributed by atoms with Gasteiger partial charge in [-0.15, -0.1) is 10.2 Å². The zero-order chi connectivity index (χ0) is 16.5. The Bertz CT molecular complexity index is 745. The molecule has 0 amide bonds. The van der Waals surface area contributed by atoms with E-state index in [1.807, 2.05) is 7.05 Å². The van der Waals surface area contributed by atoms with Gasteiger partial charge in [-0.25, -0.2) is 8.42 Å². The topological polar surface area (TPSA) is 68.1 Å². The summed E-state index contributed by atoms with van der Waals surface area (Å²) in [6.07, 6.45) is 7.49. The molecule has 5 aliphatic rings. The van der Waals surface area contributed by atoms with Crippen molar-refractivity contribution >= 4 is 15.8 Å². The van der Waals surface area contributed by atoms with E-state index < -0.39 is 9.84 Å². The van der Waals surface area contributed by atoms with Crippen LogP contribution in [0, 0.1) is 17.8 Å². The normalized spacial score (nSPS) is 40.2. The minimum absolute atomic E-state index is 0.0148. The van der Waals surface area contributed by atoms with Crippen molar-refractivity contribution in [2.45, 2.75) is 50.5 Å². The van der Waals surface area contributed by atoms with E-state index in [0.29, 0.717) is 12.5 Å². The van der Waals surface area contributed by atoms with Crippen LogP contribution >= 0.6 is 0 Å². The smallest absolute Gasteiger partial charge is 0.227 e. The summed E-state index contributed by atoms with van der Waals surface area (Å²) in [7, 11) is -0.873. The maximum Gasteiger partial charge on any atom is 0.227 e. The molecule has 0 spiro atoms. The lowest BCUT2D eigenvalue weighted by Gasteiger charge is -2.39. The van der Waals surface area contributed by atoms with Gasteiger partial charge < -0.3 is 9.47 Å². The first-order valence-corrected chi connectivity index (χ1v) is 11.2. The fourth-order valence-electron chi connectivity index (χ4n) is 5.97. The Labute approximate surface area is 143 Å². The molecule has 0 N–H and O–H groups in total. The quantitative estimate of drug-likeness (QED) is 0.812. The molecule has 2 aliphatic carbocycles. The third-order valence-electron chi connectivity index (χ3n) is 6.85. The highest BCUT2D eigenvalue weighted by Crippen LogP contribution is 2.48. The van der Waals surface area contributed by atoms with Crippen LogP contribution in [0.2, 0.25) is 0 Å². The molecule has 3 atom stereocenters. The van der Waals surface area contributed by atoms with Crippen LogP contribution < -0.4 is 4.90 Å². The zero-order valence-electron chi connectivity index (χ0n) is 14.3. The highest BCUT2D eigenvalue weighted by Gasteiger charge is 2.44. The molecule has 0 aromatic carbocycles. The first-order chi connectivity index (χ1) is 11.5. The van der Waals surface area contributed by atoms with E-state index in [9.17, 15) is 8.42 Å². The van der Waals surface area contributed by atoms with Gasteiger partial charge in [0, 0.05) is 25.6 Å². The average molecular weight is 350 g/mol. The van der Waals surface area contributed by atoms with Crippen molar-refractivity contribution in [2.75, 3.05) is 23.0 Å². The van der Waals surface area contributed by atoms with Crippen LogP contribution in [0.5, 0.6) is 0 Å². The maximum atomic E-state index is 11.8. The predicted octanol–water partition coefficient (Wildman–Crippen LogP) is 1.73. The fourth-order valence-corrected chi connectivity index (χ4v) is 7.71. The molecule has 24 heavy (non-hydrogen) atoms. The highest BCUT2D eigenvalue weighted by molar-refractivity contribution is 7.91. The SMILES string of the molecule is Cn1c(C2CCS(=O)(=O)C2)nnc1N1CC2CC3CC(C2)CC1C3. The van der Waals surface area contributed by atoms with Crippen molar-refractivity contribution in [3.8, 4) is 0 Å². The third kappa shape index (κ3) is 2.38. The Morgan fingerprint density at radius 1 is 1.00 bits per heavy atom. The minimum atomic E-state index is -2.89. The van der Waals surface area contributed by atoms with Crippen LogP contribution in [0.15, 0.2) is 0 Å². The van der Waals surface area contributed by atoms with Gasteiger partial charge in [-0.05, 0) is 56.3 Å². The van der Waals surface area contributed by atoms with E-state index in [0.717, 1.165) is 36.1 Å². The van der Waals surface area contributed by atoms with Crippen LogP contribution in [-0.4, -0.2) is 47.3 Å². The van der Waals surface area contributed by atoms with Gasteiger partial charge in [0.25, 0.3) is 0 Å². The van der Waals surface area contributed by atoms with Gasteiger partial charge in [0.1, 0.15) is 5.82 Å². The summed E-state index contributed by atoms with van der Waals surface area (Å²) in [5.74, 6) is 4.97. The number of anilines is 1. The van der Waals surface area contributed by atoms with E-state index >= 15 is 0 Å². The van der Waals surface area contributed by atoms with Crippen molar-refractivity contribution < 1.29 is 8.42 Å². The van der Waals surface area contributed by atoms with Gasteiger partial charge in [-0.2, -0.15) is 0 Å². The Morgan fingerprint density at radius 2 is 1.71 bits per heavy atom. The number of nitrogens with zero attached hydrogens (tertiary/aromatic N) is 4. The summed E-state index contributed by atoms with van der Waals surface area (Å²) in [5.41, 5.74) is 0. The van der Waals surface area contributed by atoms with E-state index in [4.69, 9.17) is 0 Å². The van der Waals surface area contributed by atoms with E-state index in [-0.39, 0.29) is 17.4 Å². The molecule has 3 aliphatic heterocycles. The Kier molecular flexibility index (Phi) is 3.28. The lowest BCUT2D eigenvalue weighted by Crippen LogP contribution is -2.39. The highest BCUT2D eigenvalue weighted by atomic mass is 32.2. The van der Waals surface area contributed by atoms with Crippen molar-refractivity contribution in [1.29, 1.82) is 0 Å². The summed E-state index contributed by atoms with van der Waals surface area (Å²) in [5, 5.41) is 8.94. The molecule has 132 valence electrons. The molecule has 6 nitrogen and oxygen atoms in total. The van der Waals surface area contributed by atoms with Crippen molar-refractivity contribution in [2.24, 2.45) is 24.8 Å². The number of hydrogen-bond donors (Lipinski definition) is 0. The molecular weight excluding hydrogens is 324 g/mol. The van der Waals surface area contributed by atoms with Gasteiger partial charge in [0.05, 0.1) is 11.5 Å². The van der Waals surface area contributed by atoms with Gasteiger partial charge in [-0.3, -0.25) is 0 Å². The van der Waals surface area contributed by atoms with Crippen LogP contribution in [-0.2, 0) is 16.9 Å². The van der Waals surface area contributed by atoms with Gasteiger partial charge in [-0.1, -0.05) is 0 Å². The Morgan fingerprint density at radius 3 is 2.38 bits per heavy atom. The Balaban J connectivity index is 1.45. The molecule has 4 bridgehead atoms. The fraction of sp³-hybridized carbons (Fsp3) is 0.882. The molecular formula is C17H26N4O2S. The summed E-state index contributed by atoms with van der Waals surface area (Å²) < 4.78 is 25.7. The Hall–Kier alpha value is -1.11. The number of fused-ring (bicyclic) bond motifs is 1. The van der Waals surface area contributed by atoms with Crippen LogP contribution in [0.1, 0.15) is 50.3 Å². The van der Waals surface area contributed by atoms with Crippen LogP contribution in [0.3, 0.4) is 0 Å². The van der Waals surface area contributed by atoms with Crippen LogP contribution in [0.25, 0.3) is 0 Å². The lowest BCUT2D eigenvalue weighted by molar-refractivity contribution is 0.157. The minimum Gasteiger partial charge on any atom is -0.338 e. The monoisotopic (exact) mass is 350 g/mol. The predicted molar refractivity (Wildman–Crippen MR) is 91.7 cm³/mol. The van der Waals surface area contributed by atoms with Crippen molar-refractivity contribution in [3.05, 3.63) is 5.82 Å². The summed E-state index contributed by atoms with van der Waals surface area (Å²) in [6.45, 7) is 1.10. The number of hydrogen-bond acceptors (Lipinski definition) is 5. The summed E-state index contributed by atoms with van der Waals surface area (Å²) in [4.78, 5) is 2.50. The number of sulfone groups is 1. The van der Waals surface area contributed by atoms with Gasteiger partial charge in [0.15, 0.2) is 9.84 Å². The van der Waals surface area contributed by atoms with Gasteiger partial charge in [0.2, 0.25) is 5.95 Å². The second kappa shape index (κ2) is 5.19. The lowest BCUT2D eigenvalue weighted by atomic mass is 9.68. The molecule has 4 heterocycles. The molecule has 3 saturated heterocycles.